The predicted molar refractivity (Wildman–Crippen MR) is 109 cm³/mol. The van der Waals surface area contributed by atoms with Crippen molar-refractivity contribution in [3.63, 3.8) is 0 Å². The third-order valence-electron chi connectivity index (χ3n) is 4.22. The Kier molecular flexibility index (Phi) is 6.61. The molecule has 7 nitrogen and oxygen atoms in total. The molecule has 0 saturated carbocycles. The van der Waals surface area contributed by atoms with Gasteiger partial charge in [-0.2, -0.15) is 4.80 Å². The van der Waals surface area contributed by atoms with Gasteiger partial charge in [-0.25, -0.2) is 0 Å². The zero-order valence-corrected chi connectivity index (χ0v) is 17.0. The van der Waals surface area contributed by atoms with E-state index in [9.17, 15) is 4.79 Å². The first kappa shape index (κ1) is 20.3. The summed E-state index contributed by atoms with van der Waals surface area (Å²) in [7, 11) is 3.88. The number of hydrogen-bond donors (Lipinski definition) is 1. The maximum Gasteiger partial charge on any atom is 0.243 e. The zero-order chi connectivity index (χ0) is 20.1. The Morgan fingerprint density at radius 1 is 1.14 bits per heavy atom. The Morgan fingerprint density at radius 3 is 2.54 bits per heavy atom. The Hall–Kier alpha value is -2.48. The van der Waals surface area contributed by atoms with Gasteiger partial charge in [-0.3, -0.25) is 4.79 Å². The van der Waals surface area contributed by atoms with Gasteiger partial charge in [-0.15, -0.1) is 10.2 Å². The number of carbonyl (C=O) groups is 1. The van der Waals surface area contributed by atoms with Crippen molar-refractivity contribution in [2.75, 3.05) is 20.6 Å². The normalized spacial score (nSPS) is 12.2. The van der Waals surface area contributed by atoms with Crippen LogP contribution in [-0.4, -0.2) is 51.7 Å². The molecule has 0 spiro atoms. The quantitative estimate of drug-likeness (QED) is 0.637. The Morgan fingerprint density at radius 2 is 1.86 bits per heavy atom. The molecule has 3 aromatic rings. The van der Waals surface area contributed by atoms with Gasteiger partial charge < -0.3 is 10.2 Å². The monoisotopic (exact) mass is 418 g/mol. The molecular weight excluding hydrogens is 399 g/mol. The number of rotatable bonds is 7. The van der Waals surface area contributed by atoms with Crippen LogP contribution < -0.4 is 5.32 Å². The number of aromatic nitrogens is 4. The van der Waals surface area contributed by atoms with E-state index in [1.165, 1.54) is 4.80 Å². The molecule has 0 aliphatic heterocycles. The van der Waals surface area contributed by atoms with Gasteiger partial charge in [0.05, 0.1) is 6.04 Å². The minimum atomic E-state index is -0.209. The lowest BCUT2D eigenvalue weighted by atomic mass is 10.1. The summed E-state index contributed by atoms with van der Waals surface area (Å²) in [5.74, 6) is 0.227. The van der Waals surface area contributed by atoms with Gasteiger partial charge in [-0.05, 0) is 55.2 Å². The standard InChI is InChI=1S/C19H20Cl2N6O/c1-26(2)17(15-5-3-4-6-16(15)21)11-22-18(28)12-27-24-19(23-25-27)13-7-9-14(20)10-8-13/h3-10,17H,11-12H2,1-2H3,(H,22,28). The maximum atomic E-state index is 12.3. The molecular formula is C19H20Cl2N6O. The van der Waals surface area contributed by atoms with E-state index < -0.39 is 0 Å². The summed E-state index contributed by atoms with van der Waals surface area (Å²) in [6.45, 7) is 0.386. The Balaban J connectivity index is 1.61. The fraction of sp³-hybridized carbons (Fsp3) is 0.263. The number of tetrazole rings is 1. The average Bonchev–Trinajstić information content (AvgIpc) is 3.12. The Labute approximate surface area is 173 Å². The summed E-state index contributed by atoms with van der Waals surface area (Å²) < 4.78 is 0. The van der Waals surface area contributed by atoms with Crippen molar-refractivity contribution in [1.82, 2.24) is 30.4 Å². The summed E-state index contributed by atoms with van der Waals surface area (Å²) >= 11 is 12.2. The molecule has 0 fully saturated rings. The summed E-state index contributed by atoms with van der Waals surface area (Å²) in [5, 5.41) is 16.4. The summed E-state index contributed by atoms with van der Waals surface area (Å²) in [6.07, 6.45) is 0. The van der Waals surface area contributed by atoms with Gasteiger partial charge in [0.1, 0.15) is 6.54 Å². The van der Waals surface area contributed by atoms with E-state index in [0.29, 0.717) is 22.4 Å². The van der Waals surface area contributed by atoms with Crippen LogP contribution in [0.5, 0.6) is 0 Å². The lowest BCUT2D eigenvalue weighted by Crippen LogP contribution is -2.36. The Bertz CT molecular complexity index is 942. The van der Waals surface area contributed by atoms with E-state index >= 15 is 0 Å². The number of halogens is 2. The zero-order valence-electron chi connectivity index (χ0n) is 15.5. The van der Waals surface area contributed by atoms with Gasteiger partial charge in [0.25, 0.3) is 0 Å². The first-order valence-corrected chi connectivity index (χ1v) is 9.41. The molecule has 1 atom stereocenters. The van der Waals surface area contributed by atoms with Crippen LogP contribution in [0.2, 0.25) is 10.0 Å². The lowest BCUT2D eigenvalue weighted by Gasteiger charge is -2.25. The molecule has 9 heteroatoms. The fourth-order valence-corrected chi connectivity index (χ4v) is 3.12. The highest BCUT2D eigenvalue weighted by atomic mass is 35.5. The molecule has 1 N–H and O–H groups in total. The number of likely N-dealkylation sites (N-methyl/N-ethyl adjacent to an activating group) is 1. The SMILES string of the molecule is CN(C)C(CNC(=O)Cn1nnc(-c2ccc(Cl)cc2)n1)c1ccccc1Cl. The van der Waals surface area contributed by atoms with E-state index in [1.807, 2.05) is 43.3 Å². The van der Waals surface area contributed by atoms with Crippen molar-refractivity contribution in [3.05, 3.63) is 64.1 Å². The van der Waals surface area contributed by atoms with E-state index in [-0.39, 0.29) is 18.5 Å². The highest BCUT2D eigenvalue weighted by molar-refractivity contribution is 6.31. The number of nitrogens with zero attached hydrogens (tertiary/aromatic N) is 5. The number of benzene rings is 2. The van der Waals surface area contributed by atoms with Gasteiger partial charge >= 0.3 is 0 Å². The van der Waals surface area contributed by atoms with Crippen molar-refractivity contribution in [3.8, 4) is 11.4 Å². The van der Waals surface area contributed by atoms with Crippen LogP contribution in [0.3, 0.4) is 0 Å². The number of amides is 1. The highest BCUT2D eigenvalue weighted by Crippen LogP contribution is 2.25. The van der Waals surface area contributed by atoms with Crippen molar-refractivity contribution in [2.45, 2.75) is 12.6 Å². The third kappa shape index (κ3) is 5.07. The van der Waals surface area contributed by atoms with Gasteiger partial charge in [0.2, 0.25) is 11.7 Å². The molecule has 1 aromatic heterocycles. The van der Waals surface area contributed by atoms with E-state index in [0.717, 1.165) is 11.1 Å². The minimum Gasteiger partial charge on any atom is -0.353 e. The second-order valence-corrected chi connectivity index (χ2v) is 7.30. The largest absolute Gasteiger partial charge is 0.353 e. The molecule has 146 valence electrons. The highest BCUT2D eigenvalue weighted by Gasteiger charge is 2.18. The second-order valence-electron chi connectivity index (χ2n) is 6.46. The average molecular weight is 419 g/mol. The minimum absolute atomic E-state index is 0.0245. The molecule has 3 rings (SSSR count). The number of nitrogens with one attached hydrogen (secondary N) is 1. The van der Waals surface area contributed by atoms with Crippen LogP contribution in [0.4, 0.5) is 0 Å². The van der Waals surface area contributed by atoms with Crippen LogP contribution in [0.25, 0.3) is 11.4 Å². The maximum absolute atomic E-state index is 12.3. The second kappa shape index (κ2) is 9.14. The molecule has 1 amide bonds. The van der Waals surface area contributed by atoms with Gasteiger partial charge in [-0.1, -0.05) is 41.4 Å². The van der Waals surface area contributed by atoms with Crippen molar-refractivity contribution in [2.24, 2.45) is 0 Å². The first-order valence-electron chi connectivity index (χ1n) is 8.65. The molecule has 2 aromatic carbocycles. The first-order chi connectivity index (χ1) is 13.4. The van der Waals surface area contributed by atoms with Crippen LogP contribution in [-0.2, 0) is 11.3 Å². The molecule has 0 bridgehead atoms. The van der Waals surface area contributed by atoms with Crippen molar-refractivity contribution in [1.29, 1.82) is 0 Å². The van der Waals surface area contributed by atoms with E-state index in [2.05, 4.69) is 20.7 Å². The molecule has 0 aliphatic carbocycles. The van der Waals surface area contributed by atoms with E-state index in [4.69, 9.17) is 23.2 Å². The van der Waals surface area contributed by atoms with Crippen molar-refractivity contribution < 1.29 is 4.79 Å². The van der Waals surface area contributed by atoms with Crippen LogP contribution in [0.1, 0.15) is 11.6 Å². The smallest absolute Gasteiger partial charge is 0.243 e. The topological polar surface area (TPSA) is 75.9 Å². The van der Waals surface area contributed by atoms with Crippen LogP contribution in [0, 0.1) is 0 Å². The summed E-state index contributed by atoms with van der Waals surface area (Å²) in [6, 6.07) is 14.7. The van der Waals surface area contributed by atoms with Gasteiger partial charge in [0, 0.05) is 22.2 Å². The molecule has 28 heavy (non-hydrogen) atoms. The predicted octanol–water partition coefficient (Wildman–Crippen LogP) is 3.07. The molecule has 1 unspecified atom stereocenters. The van der Waals surface area contributed by atoms with Gasteiger partial charge in [0.15, 0.2) is 0 Å². The number of carbonyl (C=O) groups excluding carboxylic acids is 1. The molecule has 1 heterocycles. The summed E-state index contributed by atoms with van der Waals surface area (Å²) in [5.41, 5.74) is 1.74. The van der Waals surface area contributed by atoms with Crippen LogP contribution in [0.15, 0.2) is 48.5 Å². The molecule has 0 saturated heterocycles. The number of hydrogen-bond acceptors (Lipinski definition) is 5. The third-order valence-corrected chi connectivity index (χ3v) is 4.82. The van der Waals surface area contributed by atoms with E-state index in [1.54, 1.807) is 24.3 Å². The lowest BCUT2D eigenvalue weighted by molar-refractivity contribution is -0.122. The van der Waals surface area contributed by atoms with Crippen molar-refractivity contribution >= 4 is 29.1 Å². The molecule has 0 aliphatic rings. The van der Waals surface area contributed by atoms with Crippen LogP contribution >= 0.6 is 23.2 Å². The molecule has 0 radical (unpaired) electrons. The summed E-state index contributed by atoms with van der Waals surface area (Å²) in [4.78, 5) is 15.6. The fourth-order valence-electron chi connectivity index (χ4n) is 2.74.